The molecule has 0 aliphatic carbocycles. The molecule has 0 aromatic carbocycles. The topological polar surface area (TPSA) is 30.7 Å². The van der Waals surface area contributed by atoms with Gasteiger partial charge < -0.3 is 0 Å². The number of rotatable bonds is 3. The van der Waals surface area contributed by atoms with Crippen LogP contribution in [-0.2, 0) is 6.42 Å². The molecule has 1 unspecified atom stereocenters. The lowest BCUT2D eigenvalue weighted by atomic mass is 10.1. The standard InChI is InChI=1S/C15H15N3S2/c1-3-12-15(16-6-1)18(14-4-2-7-20-14)13(17-12)9-11-5-8-19-10-11/h1-4,6-7,11H,5,8-10H2. The number of pyridine rings is 1. The van der Waals surface area contributed by atoms with Gasteiger partial charge in [0.1, 0.15) is 16.3 Å². The molecule has 0 N–H and O–H groups in total. The maximum atomic E-state index is 4.83. The van der Waals surface area contributed by atoms with Gasteiger partial charge in [0.2, 0.25) is 0 Å². The van der Waals surface area contributed by atoms with Gasteiger partial charge in [-0.2, -0.15) is 11.8 Å². The van der Waals surface area contributed by atoms with Crippen LogP contribution < -0.4 is 0 Å². The van der Waals surface area contributed by atoms with E-state index in [1.807, 2.05) is 12.3 Å². The van der Waals surface area contributed by atoms with Crippen molar-refractivity contribution in [1.29, 1.82) is 0 Å². The Kier molecular flexibility index (Phi) is 3.24. The Hall–Kier alpha value is -1.33. The van der Waals surface area contributed by atoms with Gasteiger partial charge in [-0.25, -0.2) is 9.97 Å². The summed E-state index contributed by atoms with van der Waals surface area (Å²) in [4.78, 5) is 9.36. The number of hydrogen-bond acceptors (Lipinski definition) is 4. The first-order chi connectivity index (χ1) is 9.92. The van der Waals surface area contributed by atoms with Gasteiger partial charge in [0.05, 0.1) is 0 Å². The van der Waals surface area contributed by atoms with Crippen LogP contribution in [0, 0.1) is 5.92 Å². The predicted octanol–water partition coefficient (Wildman–Crippen LogP) is 3.78. The van der Waals surface area contributed by atoms with Gasteiger partial charge in [0.15, 0.2) is 5.65 Å². The van der Waals surface area contributed by atoms with Gasteiger partial charge in [0.25, 0.3) is 0 Å². The van der Waals surface area contributed by atoms with E-state index in [-0.39, 0.29) is 0 Å². The molecule has 4 heterocycles. The van der Waals surface area contributed by atoms with Crippen LogP contribution in [0.2, 0.25) is 0 Å². The first-order valence-corrected chi connectivity index (χ1v) is 8.89. The molecule has 0 amide bonds. The maximum absolute atomic E-state index is 4.83. The fraction of sp³-hybridized carbons (Fsp3) is 0.333. The van der Waals surface area contributed by atoms with Crippen LogP contribution in [0.25, 0.3) is 16.2 Å². The van der Waals surface area contributed by atoms with Crippen molar-refractivity contribution in [1.82, 2.24) is 14.5 Å². The first kappa shape index (κ1) is 12.4. The van der Waals surface area contributed by atoms with Crippen molar-refractivity contribution in [2.75, 3.05) is 11.5 Å². The third-order valence-electron chi connectivity index (χ3n) is 3.71. The van der Waals surface area contributed by atoms with Crippen LogP contribution >= 0.6 is 23.1 Å². The van der Waals surface area contributed by atoms with Gasteiger partial charge in [0, 0.05) is 12.6 Å². The van der Waals surface area contributed by atoms with Crippen LogP contribution in [0.15, 0.2) is 35.8 Å². The number of thiophene rings is 1. The zero-order valence-corrected chi connectivity index (χ0v) is 12.7. The molecule has 3 aromatic heterocycles. The fourth-order valence-electron chi connectivity index (χ4n) is 2.73. The second kappa shape index (κ2) is 5.22. The van der Waals surface area contributed by atoms with E-state index in [0.29, 0.717) is 0 Å². The molecule has 5 heteroatoms. The van der Waals surface area contributed by atoms with Crippen molar-refractivity contribution >= 4 is 34.3 Å². The predicted molar refractivity (Wildman–Crippen MR) is 85.9 cm³/mol. The summed E-state index contributed by atoms with van der Waals surface area (Å²) in [7, 11) is 0. The molecule has 1 fully saturated rings. The van der Waals surface area contributed by atoms with Crippen molar-refractivity contribution in [3.8, 4) is 5.00 Å². The molecular weight excluding hydrogens is 286 g/mol. The van der Waals surface area contributed by atoms with Gasteiger partial charge in [-0.1, -0.05) is 0 Å². The lowest BCUT2D eigenvalue weighted by molar-refractivity contribution is 0.573. The molecule has 0 bridgehead atoms. The summed E-state index contributed by atoms with van der Waals surface area (Å²) in [6, 6.07) is 8.25. The highest BCUT2D eigenvalue weighted by Gasteiger charge is 2.21. The maximum Gasteiger partial charge on any atom is 0.165 e. The summed E-state index contributed by atoms with van der Waals surface area (Å²) >= 11 is 3.81. The third-order valence-corrected chi connectivity index (χ3v) is 5.79. The van der Waals surface area contributed by atoms with Crippen molar-refractivity contribution in [2.45, 2.75) is 12.8 Å². The zero-order valence-electron chi connectivity index (χ0n) is 11.0. The molecule has 3 aromatic rings. The molecule has 20 heavy (non-hydrogen) atoms. The SMILES string of the molecule is c1csc(-n2c(CC3CCSC3)nc3cccnc32)c1. The van der Waals surface area contributed by atoms with Crippen molar-refractivity contribution in [3.05, 3.63) is 41.7 Å². The molecular formula is C15H15N3S2. The lowest BCUT2D eigenvalue weighted by Crippen LogP contribution is -2.08. The Bertz CT molecular complexity index is 712. The number of thioether (sulfide) groups is 1. The molecule has 1 atom stereocenters. The van der Waals surface area contributed by atoms with Gasteiger partial charge in [-0.05, 0) is 53.5 Å². The quantitative estimate of drug-likeness (QED) is 0.737. The van der Waals surface area contributed by atoms with E-state index in [1.165, 1.54) is 22.9 Å². The van der Waals surface area contributed by atoms with E-state index in [9.17, 15) is 0 Å². The Balaban J connectivity index is 1.83. The third kappa shape index (κ3) is 2.15. The molecule has 0 saturated carbocycles. The van der Waals surface area contributed by atoms with E-state index in [0.717, 1.165) is 29.3 Å². The minimum absolute atomic E-state index is 0.760. The number of fused-ring (bicyclic) bond motifs is 1. The van der Waals surface area contributed by atoms with Crippen molar-refractivity contribution in [3.63, 3.8) is 0 Å². The van der Waals surface area contributed by atoms with Crippen LogP contribution in [0.3, 0.4) is 0 Å². The minimum atomic E-state index is 0.760. The number of nitrogens with zero attached hydrogens (tertiary/aromatic N) is 3. The van der Waals surface area contributed by atoms with Gasteiger partial charge in [-0.3, -0.25) is 4.57 Å². The molecule has 3 nitrogen and oxygen atoms in total. The van der Waals surface area contributed by atoms with E-state index in [1.54, 1.807) is 11.3 Å². The average molecular weight is 301 g/mol. The molecule has 0 spiro atoms. The van der Waals surface area contributed by atoms with E-state index in [4.69, 9.17) is 4.98 Å². The minimum Gasteiger partial charge on any atom is -0.271 e. The molecule has 1 saturated heterocycles. The van der Waals surface area contributed by atoms with Crippen LogP contribution in [-0.4, -0.2) is 26.0 Å². The second-order valence-electron chi connectivity index (χ2n) is 5.09. The lowest BCUT2D eigenvalue weighted by Gasteiger charge is -2.09. The average Bonchev–Trinajstić information content (AvgIpc) is 3.18. The Labute approximate surface area is 126 Å². The monoisotopic (exact) mass is 301 g/mol. The zero-order chi connectivity index (χ0) is 13.4. The fourth-order valence-corrected chi connectivity index (χ4v) is 4.76. The molecule has 1 aliphatic heterocycles. The van der Waals surface area contributed by atoms with Crippen molar-refractivity contribution < 1.29 is 0 Å². The van der Waals surface area contributed by atoms with E-state index in [2.05, 4.69) is 44.9 Å². The summed E-state index contributed by atoms with van der Waals surface area (Å²) in [6.07, 6.45) is 4.22. The summed E-state index contributed by atoms with van der Waals surface area (Å²) in [5, 5.41) is 3.33. The molecule has 1 aliphatic rings. The summed E-state index contributed by atoms with van der Waals surface area (Å²) < 4.78 is 2.24. The smallest absolute Gasteiger partial charge is 0.165 e. The summed E-state index contributed by atoms with van der Waals surface area (Å²) in [5.41, 5.74) is 1.98. The number of imidazole rings is 1. The summed E-state index contributed by atoms with van der Waals surface area (Å²) in [6.45, 7) is 0. The second-order valence-corrected chi connectivity index (χ2v) is 7.17. The van der Waals surface area contributed by atoms with Crippen LogP contribution in [0.1, 0.15) is 12.2 Å². The van der Waals surface area contributed by atoms with E-state index < -0.39 is 0 Å². The molecule has 0 radical (unpaired) electrons. The summed E-state index contributed by atoms with van der Waals surface area (Å²) in [5.74, 6) is 4.48. The van der Waals surface area contributed by atoms with Gasteiger partial charge >= 0.3 is 0 Å². The van der Waals surface area contributed by atoms with Crippen LogP contribution in [0.4, 0.5) is 0 Å². The first-order valence-electron chi connectivity index (χ1n) is 6.86. The van der Waals surface area contributed by atoms with Crippen molar-refractivity contribution in [2.24, 2.45) is 5.92 Å². The highest BCUT2D eigenvalue weighted by molar-refractivity contribution is 7.99. The molecule has 102 valence electrons. The molecule has 4 rings (SSSR count). The number of aromatic nitrogens is 3. The Morgan fingerprint density at radius 3 is 3.10 bits per heavy atom. The Morgan fingerprint density at radius 1 is 1.30 bits per heavy atom. The van der Waals surface area contributed by atoms with Gasteiger partial charge in [-0.15, -0.1) is 11.3 Å². The highest BCUT2D eigenvalue weighted by atomic mass is 32.2. The largest absolute Gasteiger partial charge is 0.271 e. The van der Waals surface area contributed by atoms with Crippen LogP contribution in [0.5, 0.6) is 0 Å². The normalized spacial score (nSPS) is 18.9. The number of hydrogen-bond donors (Lipinski definition) is 0. The van der Waals surface area contributed by atoms with E-state index >= 15 is 0 Å². The Morgan fingerprint density at radius 2 is 2.30 bits per heavy atom. The highest BCUT2D eigenvalue weighted by Crippen LogP contribution is 2.29.